The van der Waals surface area contributed by atoms with Crippen LogP contribution in [0.4, 0.5) is 0 Å². The zero-order chi connectivity index (χ0) is 9.52. The Morgan fingerprint density at radius 3 is 2.92 bits per heavy atom. The van der Waals surface area contributed by atoms with Gasteiger partial charge in [0.2, 0.25) is 0 Å². The van der Waals surface area contributed by atoms with Crippen LogP contribution in [0, 0.1) is 0 Å². The van der Waals surface area contributed by atoms with Crippen LogP contribution in [0.15, 0.2) is 23.3 Å². The zero-order valence-electron chi connectivity index (χ0n) is 7.64. The van der Waals surface area contributed by atoms with Crippen LogP contribution in [0.25, 0.3) is 10.4 Å². The molecule has 4 nitrogen and oxygen atoms in total. The Balaban J connectivity index is 2.72. The van der Waals surface area contributed by atoms with Gasteiger partial charge in [0.15, 0.2) is 0 Å². The van der Waals surface area contributed by atoms with E-state index in [0.717, 1.165) is 24.2 Å². The number of nitrogens with zero attached hydrogens (tertiary/aromatic N) is 4. The van der Waals surface area contributed by atoms with E-state index in [2.05, 4.69) is 21.9 Å². The summed E-state index contributed by atoms with van der Waals surface area (Å²) < 4.78 is 0. The lowest BCUT2D eigenvalue weighted by Crippen LogP contribution is -1.93. The molecular weight excluding hydrogens is 164 g/mol. The summed E-state index contributed by atoms with van der Waals surface area (Å²) in [5.74, 6) is 0. The topological polar surface area (TPSA) is 61.7 Å². The number of hydrogen-bond donors (Lipinski definition) is 0. The molecule has 0 aliphatic heterocycles. The van der Waals surface area contributed by atoms with Crippen LogP contribution in [0.3, 0.4) is 0 Å². The second-order valence-corrected chi connectivity index (χ2v) is 2.76. The summed E-state index contributed by atoms with van der Waals surface area (Å²) >= 11 is 0. The minimum atomic E-state index is 0.341. The lowest BCUT2D eigenvalue weighted by atomic mass is 10.2. The van der Waals surface area contributed by atoms with Crippen molar-refractivity contribution in [1.29, 1.82) is 0 Å². The van der Waals surface area contributed by atoms with Gasteiger partial charge in [-0.2, -0.15) is 0 Å². The Morgan fingerprint density at radius 1 is 1.46 bits per heavy atom. The van der Waals surface area contributed by atoms with E-state index in [1.165, 1.54) is 0 Å². The third-order valence-corrected chi connectivity index (χ3v) is 1.67. The first-order valence-electron chi connectivity index (χ1n) is 4.32. The molecule has 1 heterocycles. The standard InChI is InChI=1S/C9H12N4/c1-2-4-8-5-3-6-9(12-8)7-11-13-10/h3,5-6H,2,4,7H2,1H3. The molecule has 0 aliphatic rings. The Hall–Kier alpha value is -1.54. The molecule has 1 rings (SSSR count). The van der Waals surface area contributed by atoms with Crippen molar-refractivity contribution in [2.24, 2.45) is 5.11 Å². The third kappa shape index (κ3) is 3.13. The Kier molecular flexibility index (Phi) is 3.79. The summed E-state index contributed by atoms with van der Waals surface area (Å²) in [4.78, 5) is 7.03. The molecule has 0 amide bonds. The van der Waals surface area contributed by atoms with Crippen LogP contribution in [0.2, 0.25) is 0 Å². The normalized spacial score (nSPS) is 9.31. The number of hydrogen-bond acceptors (Lipinski definition) is 2. The van der Waals surface area contributed by atoms with Crippen molar-refractivity contribution in [3.05, 3.63) is 40.0 Å². The molecule has 13 heavy (non-hydrogen) atoms. The summed E-state index contributed by atoms with van der Waals surface area (Å²) in [6, 6.07) is 5.80. The number of aromatic nitrogens is 1. The number of pyridine rings is 1. The molecule has 1 aromatic heterocycles. The van der Waals surface area contributed by atoms with E-state index in [9.17, 15) is 0 Å². The maximum absolute atomic E-state index is 8.13. The van der Waals surface area contributed by atoms with E-state index in [0.29, 0.717) is 6.54 Å². The van der Waals surface area contributed by atoms with Crippen molar-refractivity contribution < 1.29 is 0 Å². The maximum atomic E-state index is 8.13. The quantitative estimate of drug-likeness (QED) is 0.395. The van der Waals surface area contributed by atoms with E-state index in [1.54, 1.807) is 0 Å². The van der Waals surface area contributed by atoms with E-state index in [4.69, 9.17) is 5.53 Å². The molecule has 0 bridgehead atoms. The molecule has 0 N–H and O–H groups in total. The van der Waals surface area contributed by atoms with E-state index in [1.807, 2.05) is 18.2 Å². The van der Waals surface area contributed by atoms with Crippen molar-refractivity contribution >= 4 is 0 Å². The van der Waals surface area contributed by atoms with Crippen molar-refractivity contribution in [1.82, 2.24) is 4.98 Å². The lowest BCUT2D eigenvalue weighted by Gasteiger charge is -1.99. The largest absolute Gasteiger partial charge is 0.258 e. The van der Waals surface area contributed by atoms with Crippen LogP contribution in [0.5, 0.6) is 0 Å². The van der Waals surface area contributed by atoms with Gasteiger partial charge in [0.25, 0.3) is 0 Å². The van der Waals surface area contributed by atoms with Crippen molar-refractivity contribution in [3.8, 4) is 0 Å². The molecular formula is C9H12N4. The van der Waals surface area contributed by atoms with Gasteiger partial charge in [-0.1, -0.05) is 24.5 Å². The van der Waals surface area contributed by atoms with E-state index < -0.39 is 0 Å². The van der Waals surface area contributed by atoms with Gasteiger partial charge in [-0.3, -0.25) is 4.98 Å². The summed E-state index contributed by atoms with van der Waals surface area (Å²) in [6.07, 6.45) is 2.06. The first-order chi connectivity index (χ1) is 6.36. The highest BCUT2D eigenvalue weighted by Crippen LogP contribution is 2.03. The van der Waals surface area contributed by atoms with Gasteiger partial charge in [-0.15, -0.1) is 0 Å². The second kappa shape index (κ2) is 5.17. The first kappa shape index (κ1) is 9.55. The number of azide groups is 1. The lowest BCUT2D eigenvalue weighted by molar-refractivity contribution is 0.855. The van der Waals surface area contributed by atoms with Gasteiger partial charge in [0.05, 0.1) is 6.54 Å². The molecule has 0 aromatic carbocycles. The zero-order valence-corrected chi connectivity index (χ0v) is 7.64. The molecule has 0 saturated heterocycles. The number of aryl methyl sites for hydroxylation is 1. The van der Waals surface area contributed by atoms with Crippen LogP contribution in [0.1, 0.15) is 24.7 Å². The summed E-state index contributed by atoms with van der Waals surface area (Å²) in [7, 11) is 0. The fourth-order valence-electron chi connectivity index (χ4n) is 1.12. The van der Waals surface area contributed by atoms with Crippen LogP contribution in [-0.4, -0.2) is 4.98 Å². The van der Waals surface area contributed by atoms with E-state index in [-0.39, 0.29) is 0 Å². The molecule has 0 saturated carbocycles. The first-order valence-corrected chi connectivity index (χ1v) is 4.32. The second-order valence-electron chi connectivity index (χ2n) is 2.76. The molecule has 68 valence electrons. The highest BCUT2D eigenvalue weighted by Gasteiger charge is 1.95. The molecule has 0 spiro atoms. The molecule has 0 radical (unpaired) electrons. The predicted octanol–water partition coefficient (Wildman–Crippen LogP) is 2.84. The third-order valence-electron chi connectivity index (χ3n) is 1.67. The Morgan fingerprint density at radius 2 is 2.23 bits per heavy atom. The van der Waals surface area contributed by atoms with Gasteiger partial charge in [0, 0.05) is 16.3 Å². The van der Waals surface area contributed by atoms with Gasteiger partial charge in [-0.25, -0.2) is 0 Å². The Bertz CT molecular complexity index is 315. The summed E-state index contributed by atoms with van der Waals surface area (Å²) in [5, 5.41) is 3.46. The molecule has 0 unspecified atom stereocenters. The molecule has 0 fully saturated rings. The van der Waals surface area contributed by atoms with Crippen molar-refractivity contribution in [3.63, 3.8) is 0 Å². The predicted molar refractivity (Wildman–Crippen MR) is 51.1 cm³/mol. The van der Waals surface area contributed by atoms with Gasteiger partial charge < -0.3 is 0 Å². The smallest absolute Gasteiger partial charge is 0.0684 e. The minimum absolute atomic E-state index is 0.341. The highest BCUT2D eigenvalue weighted by molar-refractivity contribution is 5.11. The minimum Gasteiger partial charge on any atom is -0.258 e. The van der Waals surface area contributed by atoms with Gasteiger partial charge in [0.1, 0.15) is 0 Å². The van der Waals surface area contributed by atoms with Crippen molar-refractivity contribution in [2.75, 3.05) is 0 Å². The van der Waals surface area contributed by atoms with Gasteiger partial charge >= 0.3 is 0 Å². The summed E-state index contributed by atoms with van der Waals surface area (Å²) in [5.41, 5.74) is 10.0. The summed E-state index contributed by atoms with van der Waals surface area (Å²) in [6.45, 7) is 2.45. The van der Waals surface area contributed by atoms with E-state index >= 15 is 0 Å². The Labute approximate surface area is 77.2 Å². The number of rotatable bonds is 4. The van der Waals surface area contributed by atoms with Gasteiger partial charge in [-0.05, 0) is 24.1 Å². The molecule has 0 atom stereocenters. The fraction of sp³-hybridized carbons (Fsp3) is 0.444. The van der Waals surface area contributed by atoms with Crippen LogP contribution >= 0.6 is 0 Å². The highest BCUT2D eigenvalue weighted by atomic mass is 15.1. The maximum Gasteiger partial charge on any atom is 0.0684 e. The average Bonchev–Trinajstić information content (AvgIpc) is 2.16. The monoisotopic (exact) mass is 176 g/mol. The fourth-order valence-corrected chi connectivity index (χ4v) is 1.12. The van der Waals surface area contributed by atoms with Crippen molar-refractivity contribution in [2.45, 2.75) is 26.3 Å². The molecule has 4 heteroatoms. The van der Waals surface area contributed by atoms with Crippen LogP contribution < -0.4 is 0 Å². The average molecular weight is 176 g/mol. The molecule has 0 aliphatic carbocycles. The molecule has 1 aromatic rings. The SMILES string of the molecule is CCCc1cccc(CN=[N+]=[N-])n1. The van der Waals surface area contributed by atoms with Crippen LogP contribution in [-0.2, 0) is 13.0 Å².